The van der Waals surface area contributed by atoms with Crippen LogP contribution in [0.4, 0.5) is 8.78 Å². The number of hydrogen-bond acceptors (Lipinski definition) is 1. The van der Waals surface area contributed by atoms with Crippen molar-refractivity contribution in [2.24, 2.45) is 17.1 Å². The second-order valence-corrected chi connectivity index (χ2v) is 4.00. The molecule has 0 aliphatic heterocycles. The first-order valence-corrected chi connectivity index (χ1v) is 4.18. The molecule has 12 heavy (non-hydrogen) atoms. The molecule has 2 saturated carbocycles. The summed E-state index contributed by atoms with van der Waals surface area (Å²) >= 11 is 0. The molecule has 2 aliphatic rings. The van der Waals surface area contributed by atoms with Gasteiger partial charge in [-0.2, -0.15) is 0 Å². The molecule has 0 aromatic heterocycles. The van der Waals surface area contributed by atoms with Crippen molar-refractivity contribution >= 4 is 12.4 Å². The fraction of sp³-hybridized carbons (Fsp3) is 1.00. The normalized spacial score (nSPS) is 42.8. The highest BCUT2D eigenvalue weighted by Crippen LogP contribution is 2.61. The van der Waals surface area contributed by atoms with Gasteiger partial charge in [-0.05, 0) is 25.2 Å². The van der Waals surface area contributed by atoms with Crippen LogP contribution in [0.3, 0.4) is 0 Å². The summed E-state index contributed by atoms with van der Waals surface area (Å²) in [4.78, 5) is 0. The number of fused-ring (bicyclic) bond motifs is 2. The summed E-state index contributed by atoms with van der Waals surface area (Å²) in [6.07, 6.45) is 2.36. The van der Waals surface area contributed by atoms with Gasteiger partial charge in [0.05, 0.1) is 0 Å². The fourth-order valence-corrected chi connectivity index (χ4v) is 2.66. The first-order chi connectivity index (χ1) is 5.10. The molecule has 1 nitrogen and oxygen atoms in total. The third kappa shape index (κ3) is 1.06. The maximum atomic E-state index is 13.2. The maximum absolute atomic E-state index is 13.2. The largest absolute Gasteiger partial charge is 0.330 e. The van der Waals surface area contributed by atoms with E-state index < -0.39 is 11.3 Å². The van der Waals surface area contributed by atoms with E-state index in [1.807, 2.05) is 0 Å². The smallest absolute Gasteiger partial charge is 0.255 e. The second kappa shape index (κ2) is 2.81. The van der Waals surface area contributed by atoms with Crippen LogP contribution in [0, 0.1) is 11.3 Å². The maximum Gasteiger partial charge on any atom is 0.255 e. The minimum absolute atomic E-state index is 0. The Morgan fingerprint density at radius 2 is 2.00 bits per heavy atom. The number of nitrogens with two attached hydrogens (primary N) is 1. The quantitative estimate of drug-likeness (QED) is 0.685. The highest BCUT2D eigenvalue weighted by molar-refractivity contribution is 5.85. The van der Waals surface area contributed by atoms with Gasteiger partial charge < -0.3 is 5.73 Å². The zero-order chi connectivity index (χ0) is 8.11. The predicted octanol–water partition coefficient (Wildman–Crippen LogP) is 2.19. The van der Waals surface area contributed by atoms with Gasteiger partial charge in [0.15, 0.2) is 0 Å². The first-order valence-electron chi connectivity index (χ1n) is 4.18. The second-order valence-electron chi connectivity index (χ2n) is 4.00. The van der Waals surface area contributed by atoms with Crippen LogP contribution in [0.2, 0.25) is 0 Å². The van der Waals surface area contributed by atoms with Crippen LogP contribution in [0.1, 0.15) is 25.7 Å². The lowest BCUT2D eigenvalue weighted by molar-refractivity contribution is -0.105. The van der Waals surface area contributed by atoms with E-state index in [2.05, 4.69) is 0 Å². The average molecular weight is 198 g/mol. The van der Waals surface area contributed by atoms with Gasteiger partial charge in [-0.15, -0.1) is 12.4 Å². The topological polar surface area (TPSA) is 26.0 Å². The number of rotatable bonds is 1. The van der Waals surface area contributed by atoms with Crippen LogP contribution in [-0.2, 0) is 0 Å². The molecule has 2 atom stereocenters. The van der Waals surface area contributed by atoms with Crippen molar-refractivity contribution in [1.82, 2.24) is 0 Å². The molecule has 2 bridgehead atoms. The molecule has 2 N–H and O–H groups in total. The van der Waals surface area contributed by atoms with Crippen molar-refractivity contribution in [3.05, 3.63) is 0 Å². The Labute approximate surface area is 77.1 Å². The SMILES string of the molecule is Cl.NCC12CCC(CC1(F)F)C2. The monoisotopic (exact) mass is 197 g/mol. The van der Waals surface area contributed by atoms with Gasteiger partial charge in [-0.1, -0.05) is 0 Å². The van der Waals surface area contributed by atoms with Gasteiger partial charge in [-0.3, -0.25) is 0 Å². The third-order valence-electron chi connectivity index (χ3n) is 3.42. The van der Waals surface area contributed by atoms with Crippen molar-refractivity contribution in [2.75, 3.05) is 6.54 Å². The molecule has 0 aromatic rings. The van der Waals surface area contributed by atoms with Gasteiger partial charge >= 0.3 is 0 Å². The van der Waals surface area contributed by atoms with Gasteiger partial charge in [-0.25, -0.2) is 8.78 Å². The lowest BCUT2D eigenvalue weighted by Gasteiger charge is -2.33. The summed E-state index contributed by atoms with van der Waals surface area (Å²) < 4.78 is 26.4. The molecular formula is C8H14ClF2N. The van der Waals surface area contributed by atoms with E-state index in [1.54, 1.807) is 0 Å². The van der Waals surface area contributed by atoms with E-state index in [9.17, 15) is 8.78 Å². The predicted molar refractivity (Wildman–Crippen MR) is 45.6 cm³/mol. The summed E-state index contributed by atoms with van der Waals surface area (Å²) in [5, 5.41) is 0. The van der Waals surface area contributed by atoms with Crippen LogP contribution in [-0.4, -0.2) is 12.5 Å². The van der Waals surface area contributed by atoms with E-state index in [4.69, 9.17) is 5.73 Å². The summed E-state index contributed by atoms with van der Waals surface area (Å²) in [7, 11) is 0. The van der Waals surface area contributed by atoms with Gasteiger partial charge in [0.25, 0.3) is 5.92 Å². The Morgan fingerprint density at radius 3 is 2.25 bits per heavy atom. The molecule has 0 radical (unpaired) electrons. The van der Waals surface area contributed by atoms with Crippen molar-refractivity contribution in [2.45, 2.75) is 31.6 Å². The van der Waals surface area contributed by atoms with E-state index in [0.717, 1.165) is 6.42 Å². The Balaban J connectivity index is 0.000000720. The Bertz CT molecular complexity index is 186. The lowest BCUT2D eigenvalue weighted by Crippen LogP contribution is -2.42. The molecule has 72 valence electrons. The first kappa shape index (κ1) is 10.2. The number of alkyl halides is 2. The summed E-state index contributed by atoms with van der Waals surface area (Å²) in [5.74, 6) is -2.21. The molecule has 2 fully saturated rings. The van der Waals surface area contributed by atoms with Crippen LogP contribution in [0.5, 0.6) is 0 Å². The van der Waals surface area contributed by atoms with Crippen LogP contribution in [0.25, 0.3) is 0 Å². The van der Waals surface area contributed by atoms with Crippen molar-refractivity contribution in [3.8, 4) is 0 Å². The molecule has 0 aromatic carbocycles. The van der Waals surface area contributed by atoms with Crippen LogP contribution < -0.4 is 5.73 Å². The Kier molecular flexibility index (Phi) is 2.39. The van der Waals surface area contributed by atoms with Gasteiger partial charge in [0.1, 0.15) is 0 Å². The minimum atomic E-state index is -2.47. The van der Waals surface area contributed by atoms with Crippen LogP contribution in [0.15, 0.2) is 0 Å². The molecule has 0 heterocycles. The lowest BCUT2D eigenvalue weighted by atomic mass is 9.81. The van der Waals surface area contributed by atoms with E-state index in [-0.39, 0.29) is 31.3 Å². The highest BCUT2D eigenvalue weighted by Gasteiger charge is 2.62. The Morgan fingerprint density at radius 1 is 1.33 bits per heavy atom. The molecule has 0 amide bonds. The number of halogens is 3. The molecule has 2 rings (SSSR count). The van der Waals surface area contributed by atoms with Gasteiger partial charge in [0.2, 0.25) is 0 Å². The fourth-order valence-electron chi connectivity index (χ4n) is 2.66. The molecule has 0 saturated heterocycles. The molecular weight excluding hydrogens is 184 g/mol. The highest BCUT2D eigenvalue weighted by atomic mass is 35.5. The average Bonchev–Trinajstić information content (AvgIpc) is 2.41. The number of hydrogen-bond donors (Lipinski definition) is 1. The Hall–Kier alpha value is 0.110. The molecule has 2 aliphatic carbocycles. The molecule has 0 spiro atoms. The zero-order valence-corrected chi connectivity index (χ0v) is 7.67. The summed E-state index contributed by atoms with van der Waals surface area (Å²) in [5.41, 5.74) is 4.59. The minimum Gasteiger partial charge on any atom is -0.330 e. The van der Waals surface area contributed by atoms with Crippen LogP contribution >= 0.6 is 12.4 Å². The molecule has 2 unspecified atom stereocenters. The standard InChI is InChI=1S/C8H13F2N.ClH/c9-8(10)4-6-1-2-7(8,3-6)5-11;/h6H,1-5,11H2;1H. The van der Waals surface area contributed by atoms with E-state index in [0.29, 0.717) is 12.8 Å². The summed E-state index contributed by atoms with van der Waals surface area (Å²) in [6.45, 7) is 0.163. The van der Waals surface area contributed by atoms with Crippen molar-refractivity contribution in [3.63, 3.8) is 0 Å². The van der Waals surface area contributed by atoms with Crippen molar-refractivity contribution in [1.29, 1.82) is 0 Å². The molecule has 4 heteroatoms. The zero-order valence-electron chi connectivity index (χ0n) is 6.85. The van der Waals surface area contributed by atoms with Crippen molar-refractivity contribution < 1.29 is 8.78 Å². The van der Waals surface area contributed by atoms with E-state index >= 15 is 0 Å². The third-order valence-corrected chi connectivity index (χ3v) is 3.42. The summed E-state index contributed by atoms with van der Waals surface area (Å²) in [6, 6.07) is 0. The van der Waals surface area contributed by atoms with Gasteiger partial charge in [0, 0.05) is 18.4 Å². The van der Waals surface area contributed by atoms with E-state index in [1.165, 1.54) is 0 Å².